The van der Waals surface area contributed by atoms with Crippen molar-refractivity contribution >= 4 is 33.4 Å². The molecule has 0 amide bonds. The van der Waals surface area contributed by atoms with E-state index in [1.54, 1.807) is 13.3 Å². The number of benzene rings is 2. The van der Waals surface area contributed by atoms with Crippen LogP contribution in [0.5, 0.6) is 23.0 Å². The van der Waals surface area contributed by atoms with Crippen molar-refractivity contribution < 1.29 is 14.2 Å². The lowest BCUT2D eigenvalue weighted by atomic mass is 10.1. The summed E-state index contributed by atoms with van der Waals surface area (Å²) in [5.74, 6) is 2.96. The summed E-state index contributed by atoms with van der Waals surface area (Å²) in [7, 11) is 1.60. The molecule has 4 rings (SSSR count). The number of hydrogen-bond donors (Lipinski definition) is 0. The molecular weight excluding hydrogens is 376 g/mol. The predicted octanol–water partition coefficient (Wildman–Crippen LogP) is 5.51. The van der Waals surface area contributed by atoms with Gasteiger partial charge in [-0.1, -0.05) is 18.2 Å². The van der Waals surface area contributed by atoms with E-state index in [1.807, 2.05) is 55.5 Å². The maximum Gasteiger partial charge on any atom is 0.162 e. The number of methoxy groups -OCH3 is 1. The fourth-order valence-corrected chi connectivity index (χ4v) is 3.13. The molecule has 0 fully saturated rings. The van der Waals surface area contributed by atoms with Crippen LogP contribution in [-0.2, 0) is 0 Å². The van der Waals surface area contributed by atoms with Crippen LogP contribution in [0.25, 0.3) is 21.8 Å². The van der Waals surface area contributed by atoms with Gasteiger partial charge in [0.05, 0.1) is 29.7 Å². The number of nitrogens with zero attached hydrogens (tertiary/aromatic N) is 2. The number of alkyl halides is 1. The summed E-state index contributed by atoms with van der Waals surface area (Å²) in [4.78, 5) is 9.07. The van der Waals surface area contributed by atoms with E-state index in [-0.39, 0.29) is 0 Å². The van der Waals surface area contributed by atoms with Gasteiger partial charge in [-0.05, 0) is 31.2 Å². The molecule has 0 bridgehead atoms. The maximum atomic E-state index is 6.24. The molecule has 0 saturated carbocycles. The molecule has 2 aromatic carbocycles. The summed E-state index contributed by atoms with van der Waals surface area (Å²) in [5, 5.41) is 1.84. The fraction of sp³-hybridized carbons (Fsp3) is 0.182. The number of aromatic nitrogens is 2. The van der Waals surface area contributed by atoms with Crippen molar-refractivity contribution in [1.82, 2.24) is 9.97 Å². The lowest BCUT2D eigenvalue weighted by Gasteiger charge is -2.14. The molecule has 2 aromatic heterocycles. The molecule has 0 radical (unpaired) electrons. The number of fused-ring (bicyclic) bond motifs is 2. The van der Waals surface area contributed by atoms with Crippen molar-refractivity contribution in [3.8, 4) is 23.0 Å². The van der Waals surface area contributed by atoms with E-state index in [0.717, 1.165) is 27.5 Å². The maximum absolute atomic E-state index is 6.24. The van der Waals surface area contributed by atoms with E-state index in [2.05, 4.69) is 9.97 Å². The minimum Gasteiger partial charge on any atom is -0.493 e. The van der Waals surface area contributed by atoms with Gasteiger partial charge in [-0.2, -0.15) is 0 Å². The highest BCUT2D eigenvalue weighted by atomic mass is 35.5. The van der Waals surface area contributed by atoms with E-state index in [1.165, 1.54) is 0 Å². The zero-order chi connectivity index (χ0) is 19.5. The molecule has 0 saturated heterocycles. The van der Waals surface area contributed by atoms with Gasteiger partial charge in [0.2, 0.25) is 0 Å². The van der Waals surface area contributed by atoms with Crippen molar-refractivity contribution in [2.45, 2.75) is 6.92 Å². The molecule has 0 N–H and O–H groups in total. The molecule has 4 aromatic rings. The van der Waals surface area contributed by atoms with E-state index in [9.17, 15) is 0 Å². The first-order valence-corrected chi connectivity index (χ1v) is 9.43. The predicted molar refractivity (Wildman–Crippen MR) is 111 cm³/mol. The first-order chi connectivity index (χ1) is 13.7. The topological polar surface area (TPSA) is 53.5 Å². The van der Waals surface area contributed by atoms with E-state index >= 15 is 0 Å². The van der Waals surface area contributed by atoms with Crippen LogP contribution in [0, 0.1) is 6.92 Å². The van der Waals surface area contributed by atoms with Crippen LogP contribution in [0.3, 0.4) is 0 Å². The molecule has 0 aliphatic rings. The van der Waals surface area contributed by atoms with E-state index in [4.69, 9.17) is 25.8 Å². The van der Waals surface area contributed by atoms with E-state index < -0.39 is 0 Å². The van der Waals surface area contributed by atoms with Crippen LogP contribution in [-0.4, -0.2) is 29.6 Å². The summed E-state index contributed by atoms with van der Waals surface area (Å²) in [6, 6.07) is 15.5. The third-order valence-corrected chi connectivity index (χ3v) is 4.56. The van der Waals surface area contributed by atoms with Gasteiger partial charge in [0.1, 0.15) is 18.1 Å². The van der Waals surface area contributed by atoms with Crippen LogP contribution in [0.1, 0.15) is 5.69 Å². The first kappa shape index (κ1) is 18.3. The number of para-hydroxylation sites is 1. The Hall–Kier alpha value is -3.05. The van der Waals surface area contributed by atoms with Crippen molar-refractivity contribution in [1.29, 1.82) is 0 Å². The van der Waals surface area contributed by atoms with Gasteiger partial charge in [-0.15, -0.1) is 11.6 Å². The Morgan fingerprint density at radius 2 is 1.79 bits per heavy atom. The van der Waals surface area contributed by atoms with Crippen LogP contribution in [0.15, 0.2) is 54.7 Å². The van der Waals surface area contributed by atoms with Gasteiger partial charge in [-0.25, -0.2) is 4.98 Å². The normalized spacial score (nSPS) is 11.0. The third kappa shape index (κ3) is 3.53. The molecule has 0 atom stereocenters. The molecule has 0 unspecified atom stereocenters. The quantitative estimate of drug-likeness (QED) is 0.403. The highest BCUT2D eigenvalue weighted by molar-refractivity contribution is 6.18. The number of aryl methyl sites for hydroxylation is 1. The number of rotatable bonds is 6. The molecule has 142 valence electrons. The first-order valence-electron chi connectivity index (χ1n) is 8.89. The molecular formula is C22H19ClN2O3. The van der Waals surface area contributed by atoms with Crippen LogP contribution in [0.4, 0.5) is 0 Å². The molecule has 0 spiro atoms. The van der Waals surface area contributed by atoms with Gasteiger partial charge in [0.25, 0.3) is 0 Å². The standard InChI is InChI=1S/C22H19ClN2O3/c1-14-20(11-15-5-3-4-6-17(15)25-14)28-19-7-9-24-18-13-21(26-2)22(12-16(18)19)27-10-8-23/h3-7,9,11-13H,8,10H2,1-2H3. The third-order valence-electron chi connectivity index (χ3n) is 4.41. The molecule has 28 heavy (non-hydrogen) atoms. The molecule has 0 aliphatic heterocycles. The Morgan fingerprint density at radius 3 is 2.61 bits per heavy atom. The van der Waals surface area contributed by atoms with Crippen LogP contribution < -0.4 is 14.2 Å². The van der Waals surface area contributed by atoms with E-state index in [0.29, 0.717) is 35.5 Å². The van der Waals surface area contributed by atoms with Gasteiger partial charge in [0, 0.05) is 23.0 Å². The Balaban J connectivity index is 1.79. The second-order valence-corrected chi connectivity index (χ2v) is 6.61. The lowest BCUT2D eigenvalue weighted by molar-refractivity contribution is 0.313. The highest BCUT2D eigenvalue weighted by Crippen LogP contribution is 2.38. The van der Waals surface area contributed by atoms with Crippen molar-refractivity contribution in [3.63, 3.8) is 0 Å². The zero-order valence-corrected chi connectivity index (χ0v) is 16.4. The second kappa shape index (κ2) is 7.90. The minimum atomic E-state index is 0.383. The SMILES string of the molecule is COc1cc2nccc(Oc3cc4ccccc4nc3C)c2cc1OCCCl. The average Bonchev–Trinajstić information content (AvgIpc) is 2.72. The minimum absolute atomic E-state index is 0.383. The Bertz CT molecular complexity index is 1150. The van der Waals surface area contributed by atoms with Crippen molar-refractivity contribution in [3.05, 3.63) is 60.4 Å². The Morgan fingerprint density at radius 1 is 0.929 bits per heavy atom. The Labute approximate surface area is 167 Å². The Kier molecular flexibility index (Phi) is 5.17. The molecule has 6 heteroatoms. The van der Waals surface area contributed by atoms with Gasteiger partial charge >= 0.3 is 0 Å². The zero-order valence-electron chi connectivity index (χ0n) is 15.6. The van der Waals surface area contributed by atoms with Crippen LogP contribution in [0.2, 0.25) is 0 Å². The second-order valence-electron chi connectivity index (χ2n) is 6.23. The van der Waals surface area contributed by atoms with Gasteiger partial charge in [-0.3, -0.25) is 4.98 Å². The molecule has 0 aliphatic carbocycles. The monoisotopic (exact) mass is 394 g/mol. The number of halogens is 1. The van der Waals surface area contributed by atoms with Gasteiger partial charge in [0.15, 0.2) is 11.5 Å². The molecule has 5 nitrogen and oxygen atoms in total. The average molecular weight is 395 g/mol. The van der Waals surface area contributed by atoms with Crippen molar-refractivity contribution in [2.75, 3.05) is 19.6 Å². The fourth-order valence-electron chi connectivity index (χ4n) is 3.05. The summed E-state index contributed by atoms with van der Waals surface area (Å²) in [5.41, 5.74) is 2.50. The van der Waals surface area contributed by atoms with Gasteiger partial charge < -0.3 is 14.2 Å². The molecule has 2 heterocycles. The van der Waals surface area contributed by atoms with Crippen molar-refractivity contribution in [2.24, 2.45) is 0 Å². The largest absolute Gasteiger partial charge is 0.493 e. The summed E-state index contributed by atoms with van der Waals surface area (Å²) in [6.45, 7) is 2.32. The lowest BCUT2D eigenvalue weighted by Crippen LogP contribution is -2.01. The summed E-state index contributed by atoms with van der Waals surface area (Å²) < 4.78 is 17.4. The summed E-state index contributed by atoms with van der Waals surface area (Å²) in [6.07, 6.45) is 1.71. The number of hydrogen-bond acceptors (Lipinski definition) is 5. The highest BCUT2D eigenvalue weighted by Gasteiger charge is 2.13. The smallest absolute Gasteiger partial charge is 0.162 e. The van der Waals surface area contributed by atoms with Crippen LogP contribution >= 0.6 is 11.6 Å². The number of ether oxygens (including phenoxy) is 3. The number of pyridine rings is 2. The summed E-state index contributed by atoms with van der Waals surface area (Å²) >= 11 is 5.76.